The number of esters is 1. The number of nitrogens with zero attached hydrogens (tertiary/aromatic N) is 1. The van der Waals surface area contributed by atoms with Gasteiger partial charge in [0.25, 0.3) is 0 Å². The summed E-state index contributed by atoms with van der Waals surface area (Å²) < 4.78 is 5.61. The van der Waals surface area contributed by atoms with Crippen molar-refractivity contribution in [2.45, 2.75) is 115 Å². The molecular weight excluding hydrogens is 298 g/mol. The number of likely N-dealkylation sites (tertiary alicyclic amines) is 1. The molecule has 1 aliphatic heterocycles. The Kier molecular flexibility index (Phi) is 9.79. The number of rotatable bonds is 11. The van der Waals surface area contributed by atoms with Crippen molar-refractivity contribution in [2.24, 2.45) is 0 Å². The smallest absolute Gasteiger partial charge is 0.323 e. The lowest BCUT2D eigenvalue weighted by Crippen LogP contribution is -2.44. The van der Waals surface area contributed by atoms with Gasteiger partial charge in [0.2, 0.25) is 0 Å². The number of hydrogen-bond donors (Lipinski definition) is 0. The summed E-state index contributed by atoms with van der Waals surface area (Å²) in [5, 5.41) is 0. The molecule has 0 aromatic carbocycles. The van der Waals surface area contributed by atoms with Gasteiger partial charge in [-0.3, -0.25) is 9.69 Å². The lowest BCUT2D eigenvalue weighted by molar-refractivity contribution is -0.150. The summed E-state index contributed by atoms with van der Waals surface area (Å²) in [5.41, 5.74) is 0. The van der Waals surface area contributed by atoms with Gasteiger partial charge < -0.3 is 4.74 Å². The van der Waals surface area contributed by atoms with Crippen molar-refractivity contribution in [3.63, 3.8) is 0 Å². The lowest BCUT2D eigenvalue weighted by Gasteiger charge is -2.34. The molecule has 0 radical (unpaired) electrons. The Balaban J connectivity index is 1.55. The minimum absolute atomic E-state index is 0.0565. The second-order valence-electron chi connectivity index (χ2n) is 7.83. The average molecular weight is 338 g/mol. The van der Waals surface area contributed by atoms with Crippen LogP contribution in [0.3, 0.4) is 0 Å². The molecule has 0 amide bonds. The van der Waals surface area contributed by atoms with Crippen LogP contribution in [0.25, 0.3) is 0 Å². The monoisotopic (exact) mass is 337 g/mol. The van der Waals surface area contributed by atoms with Gasteiger partial charge in [0.15, 0.2) is 0 Å². The molecule has 1 unspecified atom stereocenters. The normalized spacial score (nSPS) is 22.8. The van der Waals surface area contributed by atoms with Gasteiger partial charge in [-0.1, -0.05) is 71.1 Å². The number of carbonyl (C=O) groups excluding carboxylic acids is 1. The van der Waals surface area contributed by atoms with Crippen LogP contribution in [0.1, 0.15) is 103 Å². The zero-order chi connectivity index (χ0) is 17.0. The Bertz CT molecular complexity index is 339. The molecule has 2 fully saturated rings. The Labute approximate surface area is 149 Å². The maximum atomic E-state index is 12.4. The first-order chi connectivity index (χ1) is 11.8. The Hall–Kier alpha value is -0.570. The highest BCUT2D eigenvalue weighted by Gasteiger charge is 2.36. The molecule has 140 valence electrons. The quantitative estimate of drug-likeness (QED) is 0.370. The first-order valence-electron chi connectivity index (χ1n) is 10.8. The number of ether oxygens (including phenoxy) is 1. The van der Waals surface area contributed by atoms with E-state index in [0.717, 1.165) is 25.8 Å². The summed E-state index contributed by atoms with van der Waals surface area (Å²) in [6, 6.07) is 0.698. The SMILES string of the molecule is CCCCCCCCCCOC(=O)C1CCCN1C1CCCCC1. The largest absolute Gasteiger partial charge is 0.465 e. The molecule has 1 saturated carbocycles. The zero-order valence-electron chi connectivity index (χ0n) is 15.9. The van der Waals surface area contributed by atoms with Crippen molar-refractivity contribution >= 4 is 5.97 Å². The summed E-state index contributed by atoms with van der Waals surface area (Å²) in [6.45, 7) is 3.99. The second kappa shape index (κ2) is 11.9. The predicted octanol–water partition coefficient (Wildman–Crippen LogP) is 5.47. The number of carbonyl (C=O) groups is 1. The second-order valence-corrected chi connectivity index (χ2v) is 7.83. The topological polar surface area (TPSA) is 29.5 Å². The third-order valence-electron chi connectivity index (χ3n) is 5.85. The van der Waals surface area contributed by atoms with Gasteiger partial charge in [-0.25, -0.2) is 0 Å². The van der Waals surface area contributed by atoms with Gasteiger partial charge in [-0.15, -0.1) is 0 Å². The van der Waals surface area contributed by atoms with Crippen LogP contribution < -0.4 is 0 Å². The highest BCUT2D eigenvalue weighted by Crippen LogP contribution is 2.29. The van der Waals surface area contributed by atoms with E-state index >= 15 is 0 Å². The zero-order valence-corrected chi connectivity index (χ0v) is 15.9. The van der Waals surface area contributed by atoms with Crippen molar-refractivity contribution in [1.82, 2.24) is 4.90 Å². The minimum Gasteiger partial charge on any atom is -0.465 e. The molecule has 0 aromatic rings. The van der Waals surface area contributed by atoms with Crippen LogP contribution in [0, 0.1) is 0 Å². The molecule has 2 aliphatic rings. The van der Waals surface area contributed by atoms with Gasteiger partial charge in [0.05, 0.1) is 6.61 Å². The molecule has 1 atom stereocenters. The summed E-state index contributed by atoms with van der Waals surface area (Å²) in [4.78, 5) is 14.9. The fraction of sp³-hybridized carbons (Fsp3) is 0.952. The standard InChI is InChI=1S/C21H39NO2/c1-2-3-4-5-6-7-8-12-18-24-21(23)20-16-13-17-22(20)19-14-10-9-11-15-19/h19-20H,2-18H2,1H3. The van der Waals surface area contributed by atoms with E-state index in [4.69, 9.17) is 4.74 Å². The van der Waals surface area contributed by atoms with E-state index < -0.39 is 0 Å². The molecule has 0 spiro atoms. The molecule has 1 saturated heterocycles. The van der Waals surface area contributed by atoms with E-state index in [9.17, 15) is 4.79 Å². The first-order valence-corrected chi connectivity index (χ1v) is 10.8. The minimum atomic E-state index is 0.0565. The number of hydrogen-bond acceptors (Lipinski definition) is 3. The number of unbranched alkanes of at least 4 members (excludes halogenated alkanes) is 7. The van der Waals surface area contributed by atoms with Crippen LogP contribution in [-0.2, 0) is 9.53 Å². The maximum absolute atomic E-state index is 12.4. The summed E-state index contributed by atoms with van der Waals surface area (Å²) in [5.74, 6) is 0.0565. The Morgan fingerprint density at radius 1 is 0.875 bits per heavy atom. The molecule has 2 rings (SSSR count). The molecule has 0 aromatic heterocycles. The highest BCUT2D eigenvalue weighted by molar-refractivity contribution is 5.76. The van der Waals surface area contributed by atoms with Crippen LogP contribution in [-0.4, -0.2) is 36.1 Å². The third-order valence-corrected chi connectivity index (χ3v) is 5.85. The lowest BCUT2D eigenvalue weighted by atomic mass is 9.94. The van der Waals surface area contributed by atoms with E-state index in [1.165, 1.54) is 77.0 Å². The van der Waals surface area contributed by atoms with Gasteiger partial charge in [-0.2, -0.15) is 0 Å². The average Bonchev–Trinajstić information content (AvgIpc) is 3.11. The summed E-state index contributed by atoms with van der Waals surface area (Å²) in [6.07, 6.45) is 19.1. The van der Waals surface area contributed by atoms with Crippen molar-refractivity contribution in [1.29, 1.82) is 0 Å². The van der Waals surface area contributed by atoms with E-state index in [1.807, 2.05) is 0 Å². The third kappa shape index (κ3) is 6.74. The van der Waals surface area contributed by atoms with E-state index in [-0.39, 0.29) is 12.0 Å². The van der Waals surface area contributed by atoms with Gasteiger partial charge in [-0.05, 0) is 38.6 Å². The van der Waals surface area contributed by atoms with E-state index in [0.29, 0.717) is 12.6 Å². The Morgan fingerprint density at radius 3 is 2.25 bits per heavy atom. The summed E-state index contributed by atoms with van der Waals surface area (Å²) in [7, 11) is 0. The molecule has 1 heterocycles. The maximum Gasteiger partial charge on any atom is 0.323 e. The molecular formula is C21H39NO2. The first kappa shape index (κ1) is 19.8. The van der Waals surface area contributed by atoms with Crippen molar-refractivity contribution in [2.75, 3.05) is 13.2 Å². The van der Waals surface area contributed by atoms with Gasteiger partial charge in [0, 0.05) is 6.04 Å². The summed E-state index contributed by atoms with van der Waals surface area (Å²) >= 11 is 0. The predicted molar refractivity (Wildman–Crippen MR) is 100 cm³/mol. The van der Waals surface area contributed by atoms with Crippen LogP contribution in [0.15, 0.2) is 0 Å². The van der Waals surface area contributed by atoms with Crippen LogP contribution >= 0.6 is 0 Å². The molecule has 1 aliphatic carbocycles. The molecule has 24 heavy (non-hydrogen) atoms. The van der Waals surface area contributed by atoms with Crippen molar-refractivity contribution < 1.29 is 9.53 Å². The van der Waals surface area contributed by atoms with Gasteiger partial charge >= 0.3 is 5.97 Å². The van der Waals surface area contributed by atoms with Crippen molar-refractivity contribution in [3.8, 4) is 0 Å². The molecule has 3 heteroatoms. The Morgan fingerprint density at radius 2 is 1.54 bits per heavy atom. The highest BCUT2D eigenvalue weighted by atomic mass is 16.5. The van der Waals surface area contributed by atoms with E-state index in [1.54, 1.807) is 0 Å². The van der Waals surface area contributed by atoms with Crippen LogP contribution in [0.4, 0.5) is 0 Å². The van der Waals surface area contributed by atoms with E-state index in [2.05, 4.69) is 11.8 Å². The fourth-order valence-corrected chi connectivity index (χ4v) is 4.40. The fourth-order valence-electron chi connectivity index (χ4n) is 4.40. The van der Waals surface area contributed by atoms with Crippen LogP contribution in [0.2, 0.25) is 0 Å². The van der Waals surface area contributed by atoms with Crippen molar-refractivity contribution in [3.05, 3.63) is 0 Å². The molecule has 0 N–H and O–H groups in total. The molecule has 0 bridgehead atoms. The molecule has 3 nitrogen and oxygen atoms in total. The van der Waals surface area contributed by atoms with Crippen LogP contribution in [0.5, 0.6) is 0 Å². The van der Waals surface area contributed by atoms with Gasteiger partial charge in [0.1, 0.15) is 6.04 Å².